The lowest BCUT2D eigenvalue weighted by molar-refractivity contribution is 0.425. The standard InChI is InChI=1S/C14H26N2S2/c1-6-8-11-12(9-15-14(3,4)5)18-13(16-11)10-17-7-2/h15H,6-10H2,1-5H3. The molecule has 0 aliphatic heterocycles. The van der Waals surface area contributed by atoms with Crippen molar-refractivity contribution in [1.82, 2.24) is 10.3 Å². The number of aromatic nitrogens is 1. The van der Waals surface area contributed by atoms with Crippen LogP contribution < -0.4 is 5.32 Å². The van der Waals surface area contributed by atoms with Gasteiger partial charge >= 0.3 is 0 Å². The van der Waals surface area contributed by atoms with Gasteiger partial charge in [-0.15, -0.1) is 11.3 Å². The van der Waals surface area contributed by atoms with Crippen LogP contribution >= 0.6 is 23.1 Å². The molecule has 1 N–H and O–H groups in total. The molecular formula is C14H26N2S2. The Kier molecular flexibility index (Phi) is 6.67. The van der Waals surface area contributed by atoms with E-state index in [1.165, 1.54) is 22.0 Å². The predicted molar refractivity (Wildman–Crippen MR) is 84.5 cm³/mol. The van der Waals surface area contributed by atoms with E-state index in [2.05, 4.69) is 39.9 Å². The zero-order valence-electron chi connectivity index (χ0n) is 12.3. The van der Waals surface area contributed by atoms with E-state index in [-0.39, 0.29) is 5.54 Å². The van der Waals surface area contributed by atoms with E-state index in [0.717, 1.165) is 24.5 Å². The highest BCUT2D eigenvalue weighted by atomic mass is 32.2. The largest absolute Gasteiger partial charge is 0.307 e. The first kappa shape index (κ1) is 16.0. The van der Waals surface area contributed by atoms with Crippen molar-refractivity contribution >= 4 is 23.1 Å². The van der Waals surface area contributed by atoms with E-state index in [1.54, 1.807) is 0 Å². The molecule has 1 aromatic heterocycles. The Bertz CT molecular complexity index is 353. The third-order valence-corrected chi connectivity index (χ3v) is 4.68. The molecule has 1 heterocycles. The van der Waals surface area contributed by atoms with Gasteiger partial charge in [-0.3, -0.25) is 0 Å². The Morgan fingerprint density at radius 2 is 2.00 bits per heavy atom. The van der Waals surface area contributed by atoms with Gasteiger partial charge < -0.3 is 5.32 Å². The van der Waals surface area contributed by atoms with Crippen LogP contribution in [0.4, 0.5) is 0 Å². The number of hydrogen-bond acceptors (Lipinski definition) is 4. The molecule has 0 fully saturated rings. The molecule has 1 rings (SSSR count). The van der Waals surface area contributed by atoms with Gasteiger partial charge in [-0.2, -0.15) is 11.8 Å². The molecule has 0 aliphatic rings. The summed E-state index contributed by atoms with van der Waals surface area (Å²) in [5, 5.41) is 4.86. The lowest BCUT2D eigenvalue weighted by Gasteiger charge is -2.20. The van der Waals surface area contributed by atoms with Crippen LogP contribution in [0, 0.1) is 0 Å². The van der Waals surface area contributed by atoms with E-state index in [0.29, 0.717) is 0 Å². The van der Waals surface area contributed by atoms with Crippen molar-refractivity contribution < 1.29 is 0 Å². The van der Waals surface area contributed by atoms with E-state index >= 15 is 0 Å². The van der Waals surface area contributed by atoms with E-state index in [1.807, 2.05) is 23.1 Å². The van der Waals surface area contributed by atoms with Crippen LogP contribution in [0.1, 0.15) is 56.6 Å². The van der Waals surface area contributed by atoms with Crippen LogP contribution in [0.3, 0.4) is 0 Å². The van der Waals surface area contributed by atoms with Crippen molar-refractivity contribution in [3.63, 3.8) is 0 Å². The predicted octanol–water partition coefficient (Wildman–Crippen LogP) is 4.24. The molecular weight excluding hydrogens is 260 g/mol. The fourth-order valence-electron chi connectivity index (χ4n) is 1.60. The average molecular weight is 287 g/mol. The maximum absolute atomic E-state index is 4.80. The van der Waals surface area contributed by atoms with E-state index in [4.69, 9.17) is 4.98 Å². The number of nitrogens with one attached hydrogen (secondary N) is 1. The van der Waals surface area contributed by atoms with Crippen molar-refractivity contribution in [2.75, 3.05) is 5.75 Å². The molecule has 0 amide bonds. The molecule has 0 spiro atoms. The van der Waals surface area contributed by atoms with Crippen molar-refractivity contribution in [2.24, 2.45) is 0 Å². The quantitative estimate of drug-likeness (QED) is 0.811. The molecule has 0 bridgehead atoms. The van der Waals surface area contributed by atoms with Crippen molar-refractivity contribution in [2.45, 2.75) is 65.3 Å². The number of thioether (sulfide) groups is 1. The van der Waals surface area contributed by atoms with Crippen molar-refractivity contribution in [3.8, 4) is 0 Å². The number of thiazole rings is 1. The Labute approximate surface area is 120 Å². The van der Waals surface area contributed by atoms with Crippen molar-refractivity contribution in [1.29, 1.82) is 0 Å². The molecule has 0 radical (unpaired) electrons. The highest BCUT2D eigenvalue weighted by molar-refractivity contribution is 7.98. The Morgan fingerprint density at radius 1 is 1.28 bits per heavy atom. The molecule has 0 saturated heterocycles. The van der Waals surface area contributed by atoms with Gasteiger partial charge in [0.1, 0.15) is 5.01 Å². The first-order chi connectivity index (χ1) is 8.46. The highest BCUT2D eigenvalue weighted by Gasteiger charge is 2.14. The fourth-order valence-corrected chi connectivity index (χ4v) is 3.38. The van der Waals surface area contributed by atoms with Gasteiger partial charge in [0, 0.05) is 22.7 Å². The topological polar surface area (TPSA) is 24.9 Å². The molecule has 0 saturated carbocycles. The molecule has 0 aliphatic carbocycles. The Balaban J connectivity index is 2.70. The van der Waals surface area contributed by atoms with Gasteiger partial charge in [-0.25, -0.2) is 4.98 Å². The van der Waals surface area contributed by atoms with Crippen LogP contribution in [-0.2, 0) is 18.7 Å². The Morgan fingerprint density at radius 3 is 2.56 bits per heavy atom. The minimum absolute atomic E-state index is 0.172. The van der Waals surface area contributed by atoms with Gasteiger partial charge in [0.2, 0.25) is 0 Å². The summed E-state index contributed by atoms with van der Waals surface area (Å²) in [4.78, 5) is 6.22. The Hall–Kier alpha value is -0.0600. The van der Waals surface area contributed by atoms with Gasteiger partial charge in [-0.1, -0.05) is 20.3 Å². The first-order valence-corrected chi connectivity index (χ1v) is 8.73. The second-order valence-corrected chi connectivity index (χ2v) is 7.91. The van der Waals surface area contributed by atoms with Crippen LogP contribution in [0.2, 0.25) is 0 Å². The second kappa shape index (κ2) is 7.51. The maximum Gasteiger partial charge on any atom is 0.103 e. The number of aryl methyl sites for hydroxylation is 1. The normalized spacial score (nSPS) is 12.1. The lowest BCUT2D eigenvalue weighted by Crippen LogP contribution is -2.35. The summed E-state index contributed by atoms with van der Waals surface area (Å²) >= 11 is 3.84. The van der Waals surface area contributed by atoms with E-state index in [9.17, 15) is 0 Å². The SMILES string of the molecule is CCCc1nc(CSCC)sc1CNC(C)(C)C. The van der Waals surface area contributed by atoms with Crippen LogP contribution in [-0.4, -0.2) is 16.3 Å². The summed E-state index contributed by atoms with van der Waals surface area (Å²) in [5.41, 5.74) is 1.48. The van der Waals surface area contributed by atoms with Crippen LogP contribution in [0.25, 0.3) is 0 Å². The van der Waals surface area contributed by atoms with Crippen molar-refractivity contribution in [3.05, 3.63) is 15.6 Å². The molecule has 104 valence electrons. The molecule has 0 atom stereocenters. The summed E-state index contributed by atoms with van der Waals surface area (Å²) in [7, 11) is 0. The van der Waals surface area contributed by atoms with Crippen LogP contribution in [0.15, 0.2) is 0 Å². The van der Waals surface area contributed by atoms with Crippen LogP contribution in [0.5, 0.6) is 0 Å². The molecule has 2 nitrogen and oxygen atoms in total. The third kappa shape index (κ3) is 5.72. The highest BCUT2D eigenvalue weighted by Crippen LogP contribution is 2.24. The monoisotopic (exact) mass is 286 g/mol. The number of hydrogen-bond donors (Lipinski definition) is 1. The summed E-state index contributed by atoms with van der Waals surface area (Å²) in [6.45, 7) is 12.0. The zero-order valence-corrected chi connectivity index (χ0v) is 13.9. The number of nitrogens with zero attached hydrogens (tertiary/aromatic N) is 1. The second-order valence-electron chi connectivity index (χ2n) is 5.47. The minimum Gasteiger partial charge on any atom is -0.307 e. The molecule has 4 heteroatoms. The van der Waals surface area contributed by atoms with Gasteiger partial charge in [0.25, 0.3) is 0 Å². The lowest BCUT2D eigenvalue weighted by atomic mass is 10.1. The minimum atomic E-state index is 0.172. The smallest absolute Gasteiger partial charge is 0.103 e. The summed E-state index contributed by atoms with van der Waals surface area (Å²) in [6, 6.07) is 0. The summed E-state index contributed by atoms with van der Waals surface area (Å²) in [5.74, 6) is 2.23. The summed E-state index contributed by atoms with van der Waals surface area (Å²) in [6.07, 6.45) is 2.28. The maximum atomic E-state index is 4.80. The molecule has 0 aromatic carbocycles. The first-order valence-electron chi connectivity index (χ1n) is 6.76. The van der Waals surface area contributed by atoms with Gasteiger partial charge in [-0.05, 0) is 32.9 Å². The van der Waals surface area contributed by atoms with Gasteiger partial charge in [0.15, 0.2) is 0 Å². The third-order valence-electron chi connectivity index (χ3n) is 2.52. The summed E-state index contributed by atoms with van der Waals surface area (Å²) < 4.78 is 0. The molecule has 18 heavy (non-hydrogen) atoms. The zero-order chi connectivity index (χ0) is 13.6. The average Bonchev–Trinajstić information content (AvgIpc) is 2.66. The fraction of sp³-hybridized carbons (Fsp3) is 0.786. The van der Waals surface area contributed by atoms with Gasteiger partial charge in [0.05, 0.1) is 5.69 Å². The van der Waals surface area contributed by atoms with E-state index < -0.39 is 0 Å². The molecule has 0 unspecified atom stereocenters. The molecule has 1 aromatic rings. The number of rotatable bonds is 7.